The van der Waals surface area contributed by atoms with Crippen molar-refractivity contribution in [3.63, 3.8) is 0 Å². The van der Waals surface area contributed by atoms with Gasteiger partial charge in [0, 0.05) is 11.2 Å². The summed E-state index contributed by atoms with van der Waals surface area (Å²) in [5, 5.41) is 1.04. The predicted molar refractivity (Wildman–Crippen MR) is 108 cm³/mol. The summed E-state index contributed by atoms with van der Waals surface area (Å²) in [6.07, 6.45) is 0.885. The summed E-state index contributed by atoms with van der Waals surface area (Å²) in [4.78, 5) is 19.0. The van der Waals surface area contributed by atoms with Gasteiger partial charge in [0.2, 0.25) is 0 Å². The normalized spacial score (nSPS) is 11.7. The van der Waals surface area contributed by atoms with Crippen molar-refractivity contribution in [1.29, 1.82) is 0 Å². The molecule has 0 saturated heterocycles. The number of carbonyl (C=O) groups is 1. The number of benzene rings is 2. The number of carbonyl (C=O) groups excluding carboxylic acids is 1. The van der Waals surface area contributed by atoms with Crippen LogP contribution >= 0.6 is 23.2 Å². The van der Waals surface area contributed by atoms with E-state index in [9.17, 15) is 4.79 Å². The van der Waals surface area contributed by atoms with Crippen LogP contribution in [0.25, 0.3) is 0 Å². The number of hydrogen-bond acceptors (Lipinski definition) is 3. The largest absolute Gasteiger partial charge is 0.479 e. The highest BCUT2D eigenvalue weighted by Crippen LogP contribution is 2.26. The highest BCUT2D eigenvalue weighted by molar-refractivity contribution is 6.32. The van der Waals surface area contributed by atoms with Crippen molar-refractivity contribution < 1.29 is 9.53 Å². The average Bonchev–Trinajstić information content (AvgIpc) is 2.69. The molecule has 0 bridgehead atoms. The SMILES string of the molecule is C[C@H](Oc1ccccc1Cl)C(=O)N(Cc1ccccc1Cl)c1ccccn1. The quantitative estimate of drug-likeness (QED) is 0.556. The molecule has 0 radical (unpaired) electrons. The van der Waals surface area contributed by atoms with Crippen LogP contribution < -0.4 is 9.64 Å². The third-order valence-electron chi connectivity index (χ3n) is 3.97. The molecule has 4 nitrogen and oxygen atoms in total. The summed E-state index contributed by atoms with van der Waals surface area (Å²) in [7, 11) is 0. The van der Waals surface area contributed by atoms with E-state index >= 15 is 0 Å². The van der Waals surface area contributed by atoms with E-state index in [0.717, 1.165) is 5.56 Å². The van der Waals surface area contributed by atoms with Crippen LogP contribution in [0.1, 0.15) is 12.5 Å². The number of aromatic nitrogens is 1. The molecule has 2 aromatic carbocycles. The predicted octanol–water partition coefficient (Wildman–Crippen LogP) is 5.39. The van der Waals surface area contributed by atoms with Gasteiger partial charge in [0.05, 0.1) is 11.6 Å². The smallest absolute Gasteiger partial charge is 0.269 e. The van der Waals surface area contributed by atoms with Crippen LogP contribution in [-0.4, -0.2) is 17.0 Å². The van der Waals surface area contributed by atoms with E-state index < -0.39 is 6.10 Å². The van der Waals surface area contributed by atoms with Gasteiger partial charge in [0.15, 0.2) is 6.10 Å². The molecule has 6 heteroatoms. The zero-order valence-electron chi connectivity index (χ0n) is 14.7. The number of halogens is 2. The summed E-state index contributed by atoms with van der Waals surface area (Å²) in [5.41, 5.74) is 0.822. The first-order valence-corrected chi connectivity index (χ1v) is 9.19. The molecule has 0 N–H and O–H groups in total. The van der Waals surface area contributed by atoms with Crippen molar-refractivity contribution in [2.75, 3.05) is 4.90 Å². The van der Waals surface area contributed by atoms with Gasteiger partial charge in [-0.05, 0) is 42.8 Å². The standard InChI is InChI=1S/C21H18Cl2N2O2/c1-15(27-19-11-5-4-10-18(19)23)21(26)25(20-12-6-7-13-24-20)14-16-8-2-3-9-17(16)22/h2-13,15H,14H2,1H3/t15-/m0/s1. The van der Waals surface area contributed by atoms with Gasteiger partial charge in [0.25, 0.3) is 5.91 Å². The number of ether oxygens (including phenoxy) is 1. The van der Waals surface area contributed by atoms with E-state index in [2.05, 4.69) is 4.98 Å². The Labute approximate surface area is 168 Å². The Morgan fingerprint density at radius 2 is 1.67 bits per heavy atom. The first-order chi connectivity index (χ1) is 13.1. The van der Waals surface area contributed by atoms with Crippen LogP contribution in [-0.2, 0) is 11.3 Å². The molecule has 1 aromatic heterocycles. The molecule has 0 aliphatic rings. The first kappa shape index (κ1) is 19.2. The molecule has 0 aliphatic carbocycles. The third kappa shape index (κ3) is 4.79. The molecule has 27 heavy (non-hydrogen) atoms. The van der Waals surface area contributed by atoms with Crippen LogP contribution in [0.3, 0.4) is 0 Å². The van der Waals surface area contributed by atoms with Gasteiger partial charge < -0.3 is 4.74 Å². The summed E-state index contributed by atoms with van der Waals surface area (Å²) >= 11 is 12.4. The molecular formula is C21H18Cl2N2O2. The van der Waals surface area contributed by atoms with Gasteiger partial charge in [-0.2, -0.15) is 0 Å². The monoisotopic (exact) mass is 400 g/mol. The molecule has 0 unspecified atom stereocenters. The Hall–Kier alpha value is -2.56. The van der Waals surface area contributed by atoms with Gasteiger partial charge in [-0.3, -0.25) is 9.69 Å². The molecule has 138 valence electrons. The summed E-state index contributed by atoms with van der Waals surface area (Å²) in [6.45, 7) is 1.97. The molecule has 0 spiro atoms. The lowest BCUT2D eigenvalue weighted by Crippen LogP contribution is -2.40. The molecule has 0 fully saturated rings. The maximum Gasteiger partial charge on any atom is 0.269 e. The minimum atomic E-state index is -0.755. The topological polar surface area (TPSA) is 42.4 Å². The van der Waals surface area contributed by atoms with Crippen molar-refractivity contribution >= 4 is 34.9 Å². The number of hydrogen-bond donors (Lipinski definition) is 0. The van der Waals surface area contributed by atoms with Gasteiger partial charge in [-0.1, -0.05) is 59.6 Å². The molecule has 3 aromatic rings. The zero-order valence-corrected chi connectivity index (χ0v) is 16.2. The van der Waals surface area contributed by atoms with Crippen LogP contribution in [0, 0.1) is 0 Å². The van der Waals surface area contributed by atoms with E-state index in [0.29, 0.717) is 21.6 Å². The van der Waals surface area contributed by atoms with E-state index in [4.69, 9.17) is 27.9 Å². The number of anilines is 1. The lowest BCUT2D eigenvalue weighted by molar-refractivity contribution is -0.124. The Kier molecular flexibility index (Phi) is 6.32. The van der Waals surface area contributed by atoms with Crippen molar-refractivity contribution in [3.05, 3.63) is 88.5 Å². The van der Waals surface area contributed by atoms with Gasteiger partial charge >= 0.3 is 0 Å². The highest BCUT2D eigenvalue weighted by Gasteiger charge is 2.25. The summed E-state index contributed by atoms with van der Waals surface area (Å²) in [6, 6.07) is 19.9. The fraction of sp³-hybridized carbons (Fsp3) is 0.143. The molecule has 1 amide bonds. The third-order valence-corrected chi connectivity index (χ3v) is 4.65. The molecule has 0 aliphatic heterocycles. The fourth-order valence-electron chi connectivity index (χ4n) is 2.58. The highest BCUT2D eigenvalue weighted by atomic mass is 35.5. The number of para-hydroxylation sites is 1. The van der Waals surface area contributed by atoms with E-state index in [-0.39, 0.29) is 12.5 Å². The minimum Gasteiger partial charge on any atom is -0.479 e. The number of amides is 1. The second-order valence-electron chi connectivity index (χ2n) is 5.89. The molecule has 3 rings (SSSR count). The zero-order chi connectivity index (χ0) is 19.2. The van der Waals surface area contributed by atoms with E-state index in [1.807, 2.05) is 24.3 Å². The Morgan fingerprint density at radius 1 is 1.00 bits per heavy atom. The fourth-order valence-corrected chi connectivity index (χ4v) is 2.96. The minimum absolute atomic E-state index is 0.242. The number of pyridine rings is 1. The van der Waals surface area contributed by atoms with Crippen LogP contribution in [0.2, 0.25) is 10.0 Å². The van der Waals surface area contributed by atoms with Crippen molar-refractivity contribution in [1.82, 2.24) is 4.98 Å². The van der Waals surface area contributed by atoms with Gasteiger partial charge in [-0.15, -0.1) is 0 Å². The van der Waals surface area contributed by atoms with Crippen molar-refractivity contribution in [2.24, 2.45) is 0 Å². The van der Waals surface area contributed by atoms with Crippen LogP contribution in [0.5, 0.6) is 5.75 Å². The lowest BCUT2D eigenvalue weighted by Gasteiger charge is -2.26. The van der Waals surface area contributed by atoms with E-state index in [1.165, 1.54) is 0 Å². The molecule has 0 saturated carbocycles. The molecular weight excluding hydrogens is 383 g/mol. The number of rotatable bonds is 6. The number of nitrogens with zero attached hydrogens (tertiary/aromatic N) is 2. The van der Waals surface area contributed by atoms with E-state index in [1.54, 1.807) is 60.5 Å². The van der Waals surface area contributed by atoms with Crippen molar-refractivity contribution in [3.8, 4) is 5.75 Å². The lowest BCUT2D eigenvalue weighted by atomic mass is 10.2. The Bertz CT molecular complexity index is 919. The first-order valence-electron chi connectivity index (χ1n) is 8.43. The summed E-state index contributed by atoms with van der Waals surface area (Å²) in [5.74, 6) is 0.740. The molecule has 1 atom stereocenters. The van der Waals surface area contributed by atoms with Crippen LogP contribution in [0.15, 0.2) is 72.9 Å². The van der Waals surface area contributed by atoms with Gasteiger partial charge in [0.1, 0.15) is 11.6 Å². The second-order valence-corrected chi connectivity index (χ2v) is 6.71. The second kappa shape index (κ2) is 8.89. The van der Waals surface area contributed by atoms with Crippen molar-refractivity contribution in [2.45, 2.75) is 19.6 Å². The maximum atomic E-state index is 13.1. The average molecular weight is 401 g/mol. The van der Waals surface area contributed by atoms with Crippen LogP contribution in [0.4, 0.5) is 5.82 Å². The Morgan fingerprint density at radius 3 is 2.33 bits per heavy atom. The van der Waals surface area contributed by atoms with Gasteiger partial charge in [-0.25, -0.2) is 4.98 Å². The summed E-state index contributed by atoms with van der Waals surface area (Å²) < 4.78 is 5.79. The molecule has 1 heterocycles. The maximum absolute atomic E-state index is 13.1. The Balaban J connectivity index is 1.87.